The van der Waals surface area contributed by atoms with E-state index in [-0.39, 0.29) is 0 Å². The van der Waals surface area contributed by atoms with E-state index < -0.39 is 0 Å². The van der Waals surface area contributed by atoms with Gasteiger partial charge in [0.25, 0.3) is 0 Å². The molecule has 2 heterocycles. The lowest BCUT2D eigenvalue weighted by Crippen LogP contribution is -2.59. The number of hydrogen-bond donors (Lipinski definition) is 3. The Kier molecular flexibility index (Phi) is 2.68. The fraction of sp³-hybridized carbons (Fsp3) is 1.00. The molecule has 4 nitrogen and oxygen atoms in total. The maximum absolute atomic E-state index is 6.21. The molecule has 0 spiro atoms. The molecule has 3 aliphatic rings. The topological polar surface area (TPSA) is 53.3 Å². The monoisotopic (exact) mass is 210 g/mol. The Morgan fingerprint density at radius 2 is 2.00 bits per heavy atom. The fourth-order valence-corrected chi connectivity index (χ4v) is 3.10. The lowest BCUT2D eigenvalue weighted by Gasteiger charge is -2.39. The second-order valence-electron chi connectivity index (χ2n) is 5.20. The van der Waals surface area contributed by atoms with E-state index in [0.29, 0.717) is 18.2 Å². The van der Waals surface area contributed by atoms with Crippen LogP contribution in [0.1, 0.15) is 19.3 Å². The number of nitrogens with one attached hydrogen (secondary N) is 2. The molecule has 0 radical (unpaired) electrons. The molecule has 0 aromatic rings. The summed E-state index contributed by atoms with van der Waals surface area (Å²) in [6.07, 6.45) is 4.67. The molecule has 3 atom stereocenters. The molecule has 4 heteroatoms. The molecular formula is C11H22N4. The van der Waals surface area contributed by atoms with E-state index in [1.165, 1.54) is 25.8 Å². The Labute approximate surface area is 91.6 Å². The third kappa shape index (κ3) is 1.91. The van der Waals surface area contributed by atoms with Crippen LogP contribution >= 0.6 is 0 Å². The normalized spacial score (nSPS) is 43.4. The van der Waals surface area contributed by atoms with Gasteiger partial charge >= 0.3 is 0 Å². The van der Waals surface area contributed by atoms with Gasteiger partial charge < -0.3 is 16.4 Å². The molecule has 4 N–H and O–H groups in total. The summed E-state index contributed by atoms with van der Waals surface area (Å²) in [5.41, 5.74) is 6.21. The van der Waals surface area contributed by atoms with Crippen molar-refractivity contribution in [3.63, 3.8) is 0 Å². The van der Waals surface area contributed by atoms with Crippen LogP contribution in [0.4, 0.5) is 0 Å². The van der Waals surface area contributed by atoms with Gasteiger partial charge in [-0.05, 0) is 31.7 Å². The van der Waals surface area contributed by atoms with Crippen molar-refractivity contribution < 1.29 is 0 Å². The molecule has 0 bridgehead atoms. The zero-order valence-electron chi connectivity index (χ0n) is 9.28. The van der Waals surface area contributed by atoms with Gasteiger partial charge in [-0.2, -0.15) is 0 Å². The van der Waals surface area contributed by atoms with Crippen LogP contribution in [0.3, 0.4) is 0 Å². The molecule has 2 aliphatic heterocycles. The Bertz CT molecular complexity index is 229. The van der Waals surface area contributed by atoms with Gasteiger partial charge in [0.1, 0.15) is 0 Å². The largest absolute Gasteiger partial charge is 0.325 e. The minimum Gasteiger partial charge on any atom is -0.325 e. The molecule has 1 saturated carbocycles. The highest BCUT2D eigenvalue weighted by atomic mass is 15.4. The molecule has 0 amide bonds. The molecule has 0 aromatic heterocycles. The SMILES string of the molecule is NC1CNCCC1N1CCNC1C1CC1. The van der Waals surface area contributed by atoms with Crippen molar-refractivity contribution in [1.29, 1.82) is 0 Å². The number of nitrogens with two attached hydrogens (primary N) is 1. The average molecular weight is 210 g/mol. The summed E-state index contributed by atoms with van der Waals surface area (Å²) >= 11 is 0. The van der Waals surface area contributed by atoms with Gasteiger partial charge in [0, 0.05) is 31.7 Å². The van der Waals surface area contributed by atoms with Crippen LogP contribution in [-0.2, 0) is 0 Å². The summed E-state index contributed by atoms with van der Waals surface area (Å²) in [5.74, 6) is 0.912. The summed E-state index contributed by atoms with van der Waals surface area (Å²) in [7, 11) is 0. The predicted molar refractivity (Wildman–Crippen MR) is 60.5 cm³/mol. The Hall–Kier alpha value is -0.160. The van der Waals surface area contributed by atoms with E-state index >= 15 is 0 Å². The molecule has 0 aromatic carbocycles. The van der Waals surface area contributed by atoms with Crippen LogP contribution < -0.4 is 16.4 Å². The van der Waals surface area contributed by atoms with Gasteiger partial charge in [-0.1, -0.05) is 0 Å². The highest BCUT2D eigenvalue weighted by Gasteiger charge is 2.42. The predicted octanol–water partition coefficient (Wildman–Crippen LogP) is -0.683. The van der Waals surface area contributed by atoms with Gasteiger partial charge in [0.15, 0.2) is 0 Å². The van der Waals surface area contributed by atoms with E-state index in [4.69, 9.17) is 5.73 Å². The van der Waals surface area contributed by atoms with E-state index in [1.807, 2.05) is 0 Å². The summed E-state index contributed by atoms with van der Waals surface area (Å²) in [5, 5.41) is 7.01. The second kappa shape index (κ2) is 4.01. The lowest BCUT2D eigenvalue weighted by atomic mass is 9.99. The maximum atomic E-state index is 6.21. The van der Waals surface area contributed by atoms with Crippen molar-refractivity contribution >= 4 is 0 Å². The summed E-state index contributed by atoms with van der Waals surface area (Å²) < 4.78 is 0. The molecule has 86 valence electrons. The Balaban J connectivity index is 1.68. The van der Waals surface area contributed by atoms with Crippen molar-refractivity contribution in [3.8, 4) is 0 Å². The van der Waals surface area contributed by atoms with Gasteiger partial charge in [-0.25, -0.2) is 0 Å². The van der Waals surface area contributed by atoms with Crippen molar-refractivity contribution in [2.75, 3.05) is 26.2 Å². The first-order valence-electron chi connectivity index (χ1n) is 6.31. The highest BCUT2D eigenvalue weighted by Crippen LogP contribution is 2.36. The van der Waals surface area contributed by atoms with Crippen molar-refractivity contribution in [2.24, 2.45) is 11.7 Å². The summed E-state index contributed by atoms with van der Waals surface area (Å²) in [6.45, 7) is 4.46. The average Bonchev–Trinajstić information content (AvgIpc) is 2.98. The fourth-order valence-electron chi connectivity index (χ4n) is 3.10. The summed E-state index contributed by atoms with van der Waals surface area (Å²) in [4.78, 5) is 2.64. The first-order chi connectivity index (χ1) is 7.36. The van der Waals surface area contributed by atoms with Crippen LogP contribution in [0.25, 0.3) is 0 Å². The van der Waals surface area contributed by atoms with Crippen LogP contribution in [0, 0.1) is 5.92 Å². The molecule has 2 saturated heterocycles. The quantitative estimate of drug-likeness (QED) is 0.565. The third-order valence-electron chi connectivity index (χ3n) is 4.07. The molecule has 15 heavy (non-hydrogen) atoms. The van der Waals surface area contributed by atoms with E-state index in [2.05, 4.69) is 15.5 Å². The Morgan fingerprint density at radius 1 is 1.13 bits per heavy atom. The lowest BCUT2D eigenvalue weighted by molar-refractivity contribution is 0.113. The van der Waals surface area contributed by atoms with E-state index in [9.17, 15) is 0 Å². The molecule has 3 unspecified atom stereocenters. The van der Waals surface area contributed by atoms with Crippen molar-refractivity contribution in [3.05, 3.63) is 0 Å². The van der Waals surface area contributed by atoms with Crippen LogP contribution in [0.15, 0.2) is 0 Å². The van der Waals surface area contributed by atoms with Crippen LogP contribution in [-0.4, -0.2) is 49.3 Å². The van der Waals surface area contributed by atoms with Gasteiger partial charge in [-0.3, -0.25) is 4.90 Å². The van der Waals surface area contributed by atoms with Crippen molar-refractivity contribution in [2.45, 2.75) is 37.5 Å². The zero-order chi connectivity index (χ0) is 10.3. The zero-order valence-corrected chi connectivity index (χ0v) is 9.28. The molecule has 1 aliphatic carbocycles. The molecule has 3 fully saturated rings. The van der Waals surface area contributed by atoms with E-state index in [1.54, 1.807) is 0 Å². The standard InChI is InChI=1S/C11H22N4/c12-9-7-13-4-3-10(9)15-6-5-14-11(15)8-1-2-8/h8-11,13-14H,1-7,12H2. The first-order valence-corrected chi connectivity index (χ1v) is 6.31. The minimum absolute atomic E-state index is 0.319. The van der Waals surface area contributed by atoms with Gasteiger partial charge in [-0.15, -0.1) is 0 Å². The molecule has 3 rings (SSSR count). The minimum atomic E-state index is 0.319. The highest BCUT2D eigenvalue weighted by molar-refractivity contribution is 4.97. The number of nitrogens with zero attached hydrogens (tertiary/aromatic N) is 1. The van der Waals surface area contributed by atoms with Crippen LogP contribution in [0.5, 0.6) is 0 Å². The number of hydrogen-bond acceptors (Lipinski definition) is 4. The first kappa shape index (κ1) is 10.0. The van der Waals surface area contributed by atoms with Gasteiger partial charge in [0.05, 0.1) is 6.17 Å². The molecular weight excluding hydrogens is 188 g/mol. The van der Waals surface area contributed by atoms with Crippen molar-refractivity contribution in [1.82, 2.24) is 15.5 Å². The number of rotatable bonds is 2. The Morgan fingerprint density at radius 3 is 2.73 bits per heavy atom. The smallest absolute Gasteiger partial charge is 0.0630 e. The number of piperidine rings is 1. The van der Waals surface area contributed by atoms with E-state index in [0.717, 1.165) is 25.6 Å². The van der Waals surface area contributed by atoms with Gasteiger partial charge in [0.2, 0.25) is 0 Å². The third-order valence-corrected chi connectivity index (χ3v) is 4.07. The maximum Gasteiger partial charge on any atom is 0.0630 e. The second-order valence-corrected chi connectivity index (χ2v) is 5.20. The van der Waals surface area contributed by atoms with Crippen LogP contribution in [0.2, 0.25) is 0 Å². The summed E-state index contributed by atoms with van der Waals surface area (Å²) in [6, 6.07) is 0.923.